The van der Waals surface area contributed by atoms with Crippen molar-refractivity contribution in [2.75, 3.05) is 5.75 Å². The zero-order valence-corrected chi connectivity index (χ0v) is 9.62. The molecular weight excluding hydrogens is 224 g/mol. The number of rotatable bonds is 4. The van der Waals surface area contributed by atoms with Crippen LogP contribution in [0.4, 0.5) is 0 Å². The number of carboxylic acids is 1. The summed E-state index contributed by atoms with van der Waals surface area (Å²) in [4.78, 5) is 18.1. The van der Waals surface area contributed by atoms with Crippen molar-refractivity contribution in [2.45, 2.75) is 12.2 Å². The predicted molar refractivity (Wildman–Crippen MR) is 64.6 cm³/mol. The monoisotopic (exact) mass is 236 g/mol. The number of hydrogen-bond acceptors (Lipinski definition) is 3. The quantitative estimate of drug-likeness (QED) is 0.855. The second-order valence-corrected chi connectivity index (χ2v) is 4.82. The average molecular weight is 236 g/mol. The molecule has 5 heteroatoms. The van der Waals surface area contributed by atoms with Gasteiger partial charge in [0.05, 0.1) is 22.0 Å². The van der Waals surface area contributed by atoms with E-state index in [1.54, 1.807) is 0 Å². The molecule has 16 heavy (non-hydrogen) atoms. The number of nitrogens with zero attached hydrogens (tertiary/aromatic N) is 1. The zero-order chi connectivity index (χ0) is 11.5. The molecule has 0 aliphatic carbocycles. The van der Waals surface area contributed by atoms with E-state index in [1.807, 2.05) is 31.2 Å². The molecule has 1 aromatic heterocycles. The normalized spacial score (nSPS) is 12.8. The zero-order valence-electron chi connectivity index (χ0n) is 8.80. The lowest BCUT2D eigenvalue weighted by Crippen LogP contribution is -2.01. The van der Waals surface area contributed by atoms with Crippen molar-refractivity contribution in [1.29, 1.82) is 0 Å². The third-order valence-corrected chi connectivity index (χ3v) is 3.39. The van der Waals surface area contributed by atoms with Crippen LogP contribution < -0.4 is 0 Å². The first-order valence-corrected chi connectivity index (χ1v) is 6.00. The first-order valence-electron chi connectivity index (χ1n) is 4.95. The minimum absolute atomic E-state index is 0.0588. The van der Waals surface area contributed by atoms with E-state index >= 15 is 0 Å². The van der Waals surface area contributed by atoms with Gasteiger partial charge in [-0.3, -0.25) is 4.79 Å². The van der Waals surface area contributed by atoms with Crippen LogP contribution in [0.1, 0.15) is 18.0 Å². The molecule has 0 radical (unpaired) electrons. The van der Waals surface area contributed by atoms with Gasteiger partial charge in [0.2, 0.25) is 0 Å². The molecule has 2 aromatic rings. The Balaban J connectivity index is 2.16. The second kappa shape index (κ2) is 4.57. The fourth-order valence-corrected chi connectivity index (χ4v) is 2.10. The molecule has 0 amide bonds. The van der Waals surface area contributed by atoms with E-state index in [1.165, 1.54) is 11.8 Å². The van der Waals surface area contributed by atoms with Gasteiger partial charge in [0.25, 0.3) is 0 Å². The number of aromatic nitrogens is 2. The van der Waals surface area contributed by atoms with Crippen LogP contribution in [0.5, 0.6) is 0 Å². The highest BCUT2D eigenvalue weighted by Gasteiger charge is 2.12. The molecule has 0 spiro atoms. The molecule has 84 valence electrons. The van der Waals surface area contributed by atoms with Crippen molar-refractivity contribution in [1.82, 2.24) is 9.97 Å². The van der Waals surface area contributed by atoms with E-state index in [0.29, 0.717) is 0 Å². The number of carboxylic acid groups (broad SMARTS) is 1. The topological polar surface area (TPSA) is 66.0 Å². The van der Waals surface area contributed by atoms with Crippen LogP contribution in [0.25, 0.3) is 11.0 Å². The van der Waals surface area contributed by atoms with Gasteiger partial charge < -0.3 is 10.1 Å². The Kier molecular flexibility index (Phi) is 3.14. The Bertz CT molecular complexity index is 476. The van der Waals surface area contributed by atoms with Crippen LogP contribution in [0, 0.1) is 0 Å². The highest BCUT2D eigenvalue weighted by Crippen LogP contribution is 2.27. The number of aromatic amines is 1. The third-order valence-electron chi connectivity index (χ3n) is 2.25. The summed E-state index contributed by atoms with van der Waals surface area (Å²) in [6.07, 6.45) is 0. The third kappa shape index (κ3) is 2.36. The van der Waals surface area contributed by atoms with Crippen LogP contribution in [-0.4, -0.2) is 26.8 Å². The van der Waals surface area contributed by atoms with Crippen molar-refractivity contribution in [3.8, 4) is 0 Å². The van der Waals surface area contributed by atoms with Gasteiger partial charge in [-0.05, 0) is 19.1 Å². The number of thioether (sulfide) groups is 1. The lowest BCUT2D eigenvalue weighted by molar-refractivity contribution is -0.133. The van der Waals surface area contributed by atoms with E-state index < -0.39 is 5.97 Å². The maximum atomic E-state index is 10.5. The number of H-pyrrole nitrogens is 1. The summed E-state index contributed by atoms with van der Waals surface area (Å²) in [6, 6.07) is 7.77. The first-order chi connectivity index (χ1) is 7.66. The summed E-state index contributed by atoms with van der Waals surface area (Å²) in [5, 5.41) is 8.66. The van der Waals surface area contributed by atoms with Gasteiger partial charge >= 0.3 is 5.97 Å². The number of para-hydroxylation sites is 2. The van der Waals surface area contributed by atoms with E-state index in [4.69, 9.17) is 5.11 Å². The van der Waals surface area contributed by atoms with Gasteiger partial charge in [0.15, 0.2) is 0 Å². The summed E-state index contributed by atoms with van der Waals surface area (Å²) in [5.74, 6) is 0.124. The molecule has 2 rings (SSSR count). The van der Waals surface area contributed by atoms with Crippen molar-refractivity contribution in [3.63, 3.8) is 0 Å². The highest BCUT2D eigenvalue weighted by atomic mass is 32.2. The highest BCUT2D eigenvalue weighted by molar-refractivity contribution is 8.00. The number of fused-ring (bicyclic) bond motifs is 1. The molecule has 0 aliphatic heterocycles. The van der Waals surface area contributed by atoms with E-state index in [-0.39, 0.29) is 11.0 Å². The van der Waals surface area contributed by atoms with Crippen LogP contribution in [-0.2, 0) is 4.79 Å². The van der Waals surface area contributed by atoms with Crippen molar-refractivity contribution in [2.24, 2.45) is 0 Å². The van der Waals surface area contributed by atoms with E-state index in [0.717, 1.165) is 16.9 Å². The van der Waals surface area contributed by atoms with Crippen molar-refractivity contribution >= 4 is 28.8 Å². The summed E-state index contributed by atoms with van der Waals surface area (Å²) >= 11 is 1.36. The van der Waals surface area contributed by atoms with Gasteiger partial charge in [-0.15, -0.1) is 11.8 Å². The number of aliphatic carboxylic acids is 1. The van der Waals surface area contributed by atoms with Gasteiger partial charge in [0, 0.05) is 0 Å². The Morgan fingerprint density at radius 2 is 2.31 bits per heavy atom. The summed E-state index contributed by atoms with van der Waals surface area (Å²) in [7, 11) is 0. The Labute approximate surface area is 97.1 Å². The fourth-order valence-electron chi connectivity index (χ4n) is 1.44. The number of carbonyl (C=O) groups is 1. The van der Waals surface area contributed by atoms with Crippen LogP contribution in [0.15, 0.2) is 24.3 Å². The van der Waals surface area contributed by atoms with E-state index in [2.05, 4.69) is 9.97 Å². The molecule has 1 atom stereocenters. The Morgan fingerprint density at radius 3 is 3.00 bits per heavy atom. The standard InChI is InChI=1S/C11H12N2O2S/c1-7(16-6-10(14)15)11-12-8-4-2-3-5-9(8)13-11/h2-5,7H,6H2,1H3,(H,12,13)(H,14,15)/t7-/m1/s1. The van der Waals surface area contributed by atoms with Crippen LogP contribution in [0.2, 0.25) is 0 Å². The number of benzene rings is 1. The molecule has 4 nitrogen and oxygen atoms in total. The molecule has 1 aromatic carbocycles. The Hall–Kier alpha value is -1.49. The molecule has 0 saturated carbocycles. The van der Waals surface area contributed by atoms with Crippen LogP contribution in [0.3, 0.4) is 0 Å². The van der Waals surface area contributed by atoms with Gasteiger partial charge in [0.1, 0.15) is 5.82 Å². The van der Waals surface area contributed by atoms with E-state index in [9.17, 15) is 4.79 Å². The summed E-state index contributed by atoms with van der Waals surface area (Å²) < 4.78 is 0. The minimum Gasteiger partial charge on any atom is -0.481 e. The number of hydrogen-bond donors (Lipinski definition) is 2. The second-order valence-electron chi connectivity index (χ2n) is 3.49. The SMILES string of the molecule is C[C@@H](SCC(=O)O)c1nc2ccccc2[nH]1. The Morgan fingerprint density at radius 1 is 1.56 bits per heavy atom. The van der Waals surface area contributed by atoms with Gasteiger partial charge in [-0.2, -0.15) is 0 Å². The smallest absolute Gasteiger partial charge is 0.313 e. The molecule has 0 saturated heterocycles. The molecule has 0 bridgehead atoms. The first kappa shape index (κ1) is 11.0. The van der Waals surface area contributed by atoms with Crippen molar-refractivity contribution in [3.05, 3.63) is 30.1 Å². The molecule has 0 fully saturated rings. The maximum Gasteiger partial charge on any atom is 0.313 e. The van der Waals surface area contributed by atoms with Gasteiger partial charge in [-0.1, -0.05) is 12.1 Å². The van der Waals surface area contributed by atoms with Gasteiger partial charge in [-0.25, -0.2) is 4.98 Å². The number of imidazole rings is 1. The summed E-state index contributed by atoms with van der Waals surface area (Å²) in [6.45, 7) is 1.95. The van der Waals surface area contributed by atoms with Crippen molar-refractivity contribution < 1.29 is 9.90 Å². The number of nitrogens with one attached hydrogen (secondary N) is 1. The molecular formula is C11H12N2O2S. The average Bonchev–Trinajstić information content (AvgIpc) is 2.69. The molecule has 2 N–H and O–H groups in total. The van der Waals surface area contributed by atoms with Crippen LogP contribution >= 0.6 is 11.8 Å². The lowest BCUT2D eigenvalue weighted by atomic mass is 10.3. The maximum absolute atomic E-state index is 10.5. The summed E-state index contributed by atoms with van der Waals surface area (Å²) in [5.41, 5.74) is 1.90. The molecule has 0 aliphatic rings. The minimum atomic E-state index is -0.798. The molecule has 1 heterocycles. The fraction of sp³-hybridized carbons (Fsp3) is 0.273. The molecule has 0 unspecified atom stereocenters. The lowest BCUT2D eigenvalue weighted by Gasteiger charge is -2.05. The largest absolute Gasteiger partial charge is 0.481 e. The predicted octanol–water partition coefficient (Wildman–Crippen LogP) is 2.44.